The Morgan fingerprint density at radius 2 is 1.56 bits per heavy atom. The lowest BCUT2D eigenvalue weighted by molar-refractivity contribution is -0.0979. The fourth-order valence-corrected chi connectivity index (χ4v) is 1.38. The van der Waals surface area contributed by atoms with E-state index in [4.69, 9.17) is 9.53 Å². The van der Waals surface area contributed by atoms with Crippen LogP contribution in [0.4, 0.5) is 0 Å². The second-order valence-electron chi connectivity index (χ2n) is 2.50. The van der Waals surface area contributed by atoms with E-state index in [1.54, 1.807) is 0 Å². The summed E-state index contributed by atoms with van der Waals surface area (Å²) >= 11 is 0. The Balaban J connectivity index is 0.000000186. The molecule has 2 heteroatoms. The van der Waals surface area contributed by atoms with E-state index in [1.165, 1.54) is 25.7 Å². The lowest BCUT2D eigenvalue weighted by Gasteiger charge is -2.00. The molecule has 1 heterocycles. The Labute approximate surface area is 55.2 Å². The van der Waals surface area contributed by atoms with Gasteiger partial charge in [0, 0.05) is 0 Å². The standard InChI is InChI=1S/C6H10O.CH2O/c1-2-4-6-5(3-1)7-6;1-2/h5-6H,1-4H2;1H2. The molecule has 2 rings (SSSR count). The molecule has 1 aliphatic heterocycles. The Hall–Kier alpha value is -0.370. The van der Waals surface area contributed by atoms with Gasteiger partial charge >= 0.3 is 0 Å². The predicted octanol–water partition coefficient (Wildman–Crippen LogP) is 1.14. The molecule has 1 saturated carbocycles. The van der Waals surface area contributed by atoms with Crippen LogP contribution < -0.4 is 0 Å². The van der Waals surface area contributed by atoms with Gasteiger partial charge in [0.25, 0.3) is 0 Å². The van der Waals surface area contributed by atoms with E-state index in [0.29, 0.717) is 12.2 Å². The summed E-state index contributed by atoms with van der Waals surface area (Å²) in [6, 6.07) is 0. The van der Waals surface area contributed by atoms with Gasteiger partial charge in [-0.15, -0.1) is 0 Å². The zero-order chi connectivity index (χ0) is 6.69. The van der Waals surface area contributed by atoms with E-state index < -0.39 is 0 Å². The topological polar surface area (TPSA) is 29.6 Å². The third-order valence-electron chi connectivity index (χ3n) is 1.91. The van der Waals surface area contributed by atoms with E-state index in [0.717, 1.165) is 0 Å². The maximum Gasteiger partial charge on any atom is 0.106 e. The summed E-state index contributed by atoms with van der Waals surface area (Å²) < 4.78 is 5.28. The first-order valence-corrected chi connectivity index (χ1v) is 3.41. The fraction of sp³-hybridized carbons (Fsp3) is 0.857. The van der Waals surface area contributed by atoms with Crippen molar-refractivity contribution < 1.29 is 9.53 Å². The van der Waals surface area contributed by atoms with E-state index in [2.05, 4.69) is 0 Å². The monoisotopic (exact) mass is 128 g/mol. The molecule has 2 nitrogen and oxygen atoms in total. The average molecular weight is 128 g/mol. The maximum atomic E-state index is 8.00. The van der Waals surface area contributed by atoms with Crippen LogP contribution in [-0.2, 0) is 9.53 Å². The Kier molecular flexibility index (Phi) is 2.22. The van der Waals surface area contributed by atoms with Crippen molar-refractivity contribution in [3.8, 4) is 0 Å². The third kappa shape index (κ3) is 1.52. The van der Waals surface area contributed by atoms with Gasteiger partial charge in [0.1, 0.15) is 6.79 Å². The van der Waals surface area contributed by atoms with Crippen LogP contribution in [0.1, 0.15) is 25.7 Å². The van der Waals surface area contributed by atoms with Crippen LogP contribution in [0.25, 0.3) is 0 Å². The highest BCUT2D eigenvalue weighted by Crippen LogP contribution is 2.35. The average Bonchev–Trinajstić information content (AvgIpc) is 2.69. The number of hydrogen-bond donors (Lipinski definition) is 0. The smallest absolute Gasteiger partial charge is 0.106 e. The molecule has 2 unspecified atom stereocenters. The molecule has 0 spiro atoms. The Bertz CT molecular complexity index is 82.9. The van der Waals surface area contributed by atoms with Crippen molar-refractivity contribution in [2.24, 2.45) is 0 Å². The summed E-state index contributed by atoms with van der Waals surface area (Å²) in [6.07, 6.45) is 6.89. The number of rotatable bonds is 0. The van der Waals surface area contributed by atoms with E-state index >= 15 is 0 Å². The summed E-state index contributed by atoms with van der Waals surface area (Å²) in [5.74, 6) is 0. The van der Waals surface area contributed by atoms with Crippen molar-refractivity contribution in [1.82, 2.24) is 0 Å². The molecule has 0 aromatic rings. The molecule has 0 radical (unpaired) electrons. The van der Waals surface area contributed by atoms with Crippen LogP contribution in [-0.4, -0.2) is 19.0 Å². The van der Waals surface area contributed by atoms with Crippen LogP contribution in [0.15, 0.2) is 0 Å². The van der Waals surface area contributed by atoms with Gasteiger partial charge in [0.15, 0.2) is 0 Å². The molecule has 0 amide bonds. The largest absolute Gasteiger partial charge is 0.370 e. The number of epoxide rings is 1. The highest BCUT2D eigenvalue weighted by Gasteiger charge is 2.39. The van der Waals surface area contributed by atoms with Gasteiger partial charge in [-0.05, 0) is 12.8 Å². The molecule has 2 atom stereocenters. The number of carbonyl (C=O) groups is 1. The summed E-state index contributed by atoms with van der Waals surface area (Å²) in [7, 11) is 0. The van der Waals surface area contributed by atoms with Gasteiger partial charge in [0.2, 0.25) is 0 Å². The van der Waals surface area contributed by atoms with Crippen molar-refractivity contribution in [2.45, 2.75) is 37.9 Å². The van der Waals surface area contributed by atoms with Crippen LogP contribution in [0.2, 0.25) is 0 Å². The molecule has 0 N–H and O–H groups in total. The molecule has 2 fully saturated rings. The maximum absolute atomic E-state index is 8.00. The molecule has 1 aliphatic carbocycles. The van der Waals surface area contributed by atoms with Gasteiger partial charge in [0.05, 0.1) is 12.2 Å². The van der Waals surface area contributed by atoms with Gasteiger partial charge in [-0.2, -0.15) is 0 Å². The quantitative estimate of drug-likeness (QED) is 0.458. The second-order valence-corrected chi connectivity index (χ2v) is 2.50. The predicted molar refractivity (Wildman–Crippen MR) is 34.2 cm³/mol. The SMILES string of the molecule is C1CCC2OC2C1.C=O. The summed E-state index contributed by atoms with van der Waals surface area (Å²) in [4.78, 5) is 8.00. The first kappa shape index (κ1) is 6.75. The summed E-state index contributed by atoms with van der Waals surface area (Å²) in [6.45, 7) is 2.00. The number of ether oxygens (including phenoxy) is 1. The summed E-state index contributed by atoms with van der Waals surface area (Å²) in [5, 5.41) is 0. The number of hydrogen-bond acceptors (Lipinski definition) is 2. The van der Waals surface area contributed by atoms with Crippen LogP contribution >= 0.6 is 0 Å². The fourth-order valence-electron chi connectivity index (χ4n) is 1.38. The summed E-state index contributed by atoms with van der Waals surface area (Å²) in [5.41, 5.74) is 0. The third-order valence-corrected chi connectivity index (χ3v) is 1.91. The minimum absolute atomic E-state index is 0.703. The first-order valence-electron chi connectivity index (χ1n) is 3.41. The molecule has 52 valence electrons. The Morgan fingerprint density at radius 3 is 1.89 bits per heavy atom. The van der Waals surface area contributed by atoms with Crippen molar-refractivity contribution >= 4 is 6.79 Å². The zero-order valence-corrected chi connectivity index (χ0v) is 5.51. The normalized spacial score (nSPS) is 37.8. The number of fused-ring (bicyclic) bond motifs is 1. The van der Waals surface area contributed by atoms with Crippen molar-refractivity contribution in [2.75, 3.05) is 0 Å². The molecule has 0 aromatic carbocycles. The number of carbonyl (C=O) groups excluding carboxylic acids is 1. The highest BCUT2D eigenvalue weighted by atomic mass is 16.6. The molecular formula is C7H12O2. The molecular weight excluding hydrogens is 116 g/mol. The molecule has 1 saturated heterocycles. The molecule has 0 aromatic heterocycles. The van der Waals surface area contributed by atoms with Crippen molar-refractivity contribution in [3.05, 3.63) is 0 Å². The second kappa shape index (κ2) is 2.97. The van der Waals surface area contributed by atoms with E-state index in [1.807, 2.05) is 6.79 Å². The minimum atomic E-state index is 0.703. The van der Waals surface area contributed by atoms with Crippen LogP contribution in [0.3, 0.4) is 0 Å². The van der Waals surface area contributed by atoms with E-state index in [-0.39, 0.29) is 0 Å². The lowest BCUT2D eigenvalue weighted by Crippen LogP contribution is -2.00. The van der Waals surface area contributed by atoms with Crippen LogP contribution in [0.5, 0.6) is 0 Å². The molecule has 2 aliphatic rings. The molecule has 9 heavy (non-hydrogen) atoms. The highest BCUT2D eigenvalue weighted by molar-refractivity contribution is 5.10. The van der Waals surface area contributed by atoms with Crippen molar-refractivity contribution in [3.63, 3.8) is 0 Å². The van der Waals surface area contributed by atoms with Gasteiger partial charge < -0.3 is 9.53 Å². The molecule has 0 bridgehead atoms. The lowest BCUT2D eigenvalue weighted by atomic mass is 10.0. The van der Waals surface area contributed by atoms with Gasteiger partial charge in [-0.3, -0.25) is 0 Å². The van der Waals surface area contributed by atoms with Crippen LogP contribution in [0, 0.1) is 0 Å². The van der Waals surface area contributed by atoms with Crippen molar-refractivity contribution in [1.29, 1.82) is 0 Å². The van der Waals surface area contributed by atoms with Gasteiger partial charge in [-0.1, -0.05) is 12.8 Å². The van der Waals surface area contributed by atoms with Gasteiger partial charge in [-0.25, -0.2) is 0 Å². The minimum Gasteiger partial charge on any atom is -0.370 e. The Morgan fingerprint density at radius 1 is 1.11 bits per heavy atom. The zero-order valence-electron chi connectivity index (χ0n) is 5.51. The van der Waals surface area contributed by atoms with E-state index in [9.17, 15) is 0 Å². The first-order chi connectivity index (χ1) is 4.47.